The summed E-state index contributed by atoms with van der Waals surface area (Å²) in [5.41, 5.74) is 2.46. The first-order chi connectivity index (χ1) is 15.2. The lowest BCUT2D eigenvalue weighted by Crippen LogP contribution is -2.31. The smallest absolute Gasteiger partial charge is 0.304 e. The number of carboxylic acid groups (broad SMARTS) is 1. The molecule has 1 aliphatic rings. The van der Waals surface area contributed by atoms with Crippen LogP contribution in [0.3, 0.4) is 0 Å². The van der Waals surface area contributed by atoms with Gasteiger partial charge in [0.25, 0.3) is 0 Å². The fourth-order valence-electron chi connectivity index (χ4n) is 4.12. The summed E-state index contributed by atoms with van der Waals surface area (Å²) < 4.78 is 0. The summed E-state index contributed by atoms with van der Waals surface area (Å²) in [5.74, 6) is 0.210. The molecule has 170 valence electrons. The van der Waals surface area contributed by atoms with Crippen LogP contribution in [0.15, 0.2) is 36.7 Å². The Hall–Kier alpha value is -2.22. The lowest BCUT2D eigenvalue weighted by molar-refractivity contribution is -0.137. The SMILES string of the molecule is O=C(O)CCN(CCCCN1CCCCC1)Cc1ccc(CNCc2ncc[nH]2)cc1. The van der Waals surface area contributed by atoms with Gasteiger partial charge in [0.15, 0.2) is 0 Å². The third-order valence-electron chi connectivity index (χ3n) is 5.89. The molecule has 0 spiro atoms. The zero-order valence-electron chi connectivity index (χ0n) is 18.6. The van der Waals surface area contributed by atoms with Crippen molar-refractivity contribution in [2.75, 3.05) is 32.7 Å². The number of unbranched alkanes of at least 4 members (excludes halogenated alkanes) is 1. The molecule has 1 aromatic heterocycles. The van der Waals surface area contributed by atoms with Crippen molar-refractivity contribution in [2.24, 2.45) is 0 Å². The van der Waals surface area contributed by atoms with E-state index in [2.05, 4.69) is 49.4 Å². The van der Waals surface area contributed by atoms with Gasteiger partial charge in [-0.2, -0.15) is 0 Å². The summed E-state index contributed by atoms with van der Waals surface area (Å²) in [5, 5.41) is 12.5. The first kappa shape index (κ1) is 23.4. The number of nitrogens with zero attached hydrogens (tertiary/aromatic N) is 3. The van der Waals surface area contributed by atoms with Gasteiger partial charge in [0, 0.05) is 32.0 Å². The van der Waals surface area contributed by atoms with Crippen molar-refractivity contribution in [3.8, 4) is 0 Å². The Balaban J connectivity index is 1.41. The molecule has 2 heterocycles. The normalized spacial score (nSPS) is 14.9. The van der Waals surface area contributed by atoms with E-state index >= 15 is 0 Å². The monoisotopic (exact) mass is 427 g/mol. The van der Waals surface area contributed by atoms with E-state index in [0.717, 1.165) is 38.4 Å². The third kappa shape index (κ3) is 9.21. The highest BCUT2D eigenvalue weighted by atomic mass is 16.4. The zero-order valence-corrected chi connectivity index (χ0v) is 18.6. The van der Waals surface area contributed by atoms with Gasteiger partial charge in [-0.1, -0.05) is 30.7 Å². The second kappa shape index (κ2) is 13.2. The van der Waals surface area contributed by atoms with Gasteiger partial charge in [-0.3, -0.25) is 9.69 Å². The van der Waals surface area contributed by atoms with Crippen LogP contribution in [0.1, 0.15) is 55.5 Å². The Morgan fingerprint density at radius 1 is 1.06 bits per heavy atom. The van der Waals surface area contributed by atoms with Gasteiger partial charge in [-0.05, 0) is 63.0 Å². The molecule has 0 amide bonds. The fraction of sp³-hybridized carbons (Fsp3) is 0.583. The Morgan fingerprint density at radius 3 is 2.55 bits per heavy atom. The number of carboxylic acids is 1. The molecule has 2 aromatic rings. The predicted molar refractivity (Wildman–Crippen MR) is 123 cm³/mol. The van der Waals surface area contributed by atoms with Gasteiger partial charge in [0.05, 0.1) is 13.0 Å². The fourth-order valence-corrected chi connectivity index (χ4v) is 4.12. The molecule has 0 aliphatic carbocycles. The largest absolute Gasteiger partial charge is 0.481 e. The summed E-state index contributed by atoms with van der Waals surface area (Å²) in [4.78, 5) is 23.2. The van der Waals surface area contributed by atoms with Crippen molar-refractivity contribution in [3.63, 3.8) is 0 Å². The maximum atomic E-state index is 11.1. The number of aromatic nitrogens is 2. The second-order valence-corrected chi connectivity index (χ2v) is 8.49. The minimum atomic E-state index is -0.726. The molecule has 3 N–H and O–H groups in total. The van der Waals surface area contributed by atoms with E-state index in [1.807, 2.05) is 6.20 Å². The Labute approximate surface area is 185 Å². The van der Waals surface area contributed by atoms with Crippen LogP contribution in [-0.4, -0.2) is 63.6 Å². The number of aromatic amines is 1. The van der Waals surface area contributed by atoms with Gasteiger partial charge in [0.1, 0.15) is 5.82 Å². The van der Waals surface area contributed by atoms with Gasteiger partial charge < -0.3 is 20.3 Å². The summed E-state index contributed by atoms with van der Waals surface area (Å²) >= 11 is 0. The highest BCUT2D eigenvalue weighted by Crippen LogP contribution is 2.12. The molecule has 31 heavy (non-hydrogen) atoms. The van der Waals surface area contributed by atoms with E-state index in [-0.39, 0.29) is 6.42 Å². The number of imidazole rings is 1. The number of hydrogen-bond acceptors (Lipinski definition) is 5. The molecule has 1 saturated heterocycles. The number of rotatable bonds is 14. The van der Waals surface area contributed by atoms with Crippen molar-refractivity contribution < 1.29 is 9.90 Å². The number of nitrogens with one attached hydrogen (secondary N) is 2. The summed E-state index contributed by atoms with van der Waals surface area (Å²) in [7, 11) is 0. The zero-order chi connectivity index (χ0) is 21.7. The summed E-state index contributed by atoms with van der Waals surface area (Å²) in [6.07, 6.45) is 10.1. The molecular formula is C24H37N5O2. The van der Waals surface area contributed by atoms with Crippen molar-refractivity contribution in [1.29, 1.82) is 0 Å². The van der Waals surface area contributed by atoms with Crippen LogP contribution in [0.25, 0.3) is 0 Å². The average Bonchev–Trinajstić information content (AvgIpc) is 3.30. The number of hydrogen-bond donors (Lipinski definition) is 3. The Bertz CT molecular complexity index is 742. The number of aliphatic carboxylic acids is 1. The van der Waals surface area contributed by atoms with Crippen molar-refractivity contribution in [2.45, 2.75) is 58.2 Å². The molecule has 1 aromatic carbocycles. The van der Waals surface area contributed by atoms with Crippen LogP contribution >= 0.6 is 0 Å². The van der Waals surface area contributed by atoms with Crippen LogP contribution in [0.2, 0.25) is 0 Å². The molecule has 1 fully saturated rings. The molecule has 0 unspecified atom stereocenters. The van der Waals surface area contributed by atoms with Crippen molar-refractivity contribution in [3.05, 3.63) is 53.6 Å². The number of likely N-dealkylation sites (tertiary alicyclic amines) is 1. The van der Waals surface area contributed by atoms with E-state index < -0.39 is 5.97 Å². The molecule has 7 heteroatoms. The molecule has 0 bridgehead atoms. The number of H-pyrrole nitrogens is 1. The second-order valence-electron chi connectivity index (χ2n) is 8.49. The first-order valence-electron chi connectivity index (χ1n) is 11.6. The first-order valence-corrected chi connectivity index (χ1v) is 11.6. The predicted octanol–water partition coefficient (Wildman–Crippen LogP) is 3.24. The van der Waals surface area contributed by atoms with E-state index in [9.17, 15) is 4.79 Å². The standard InChI is InChI=1S/C24H37N5O2/c30-24(31)10-17-29(16-5-4-15-28-13-2-1-3-14-28)20-22-8-6-21(7-9-22)18-25-19-23-26-11-12-27-23/h6-9,11-12,25H,1-5,10,13-20H2,(H,26,27)(H,30,31). The van der Waals surface area contributed by atoms with E-state index in [1.54, 1.807) is 6.20 Å². The third-order valence-corrected chi connectivity index (χ3v) is 5.89. The topological polar surface area (TPSA) is 84.5 Å². The van der Waals surface area contributed by atoms with Crippen LogP contribution in [-0.2, 0) is 24.4 Å². The maximum absolute atomic E-state index is 11.1. The molecule has 3 rings (SSSR count). The highest BCUT2D eigenvalue weighted by Gasteiger charge is 2.11. The summed E-state index contributed by atoms with van der Waals surface area (Å²) in [6, 6.07) is 8.61. The van der Waals surface area contributed by atoms with Crippen LogP contribution < -0.4 is 5.32 Å². The van der Waals surface area contributed by atoms with Gasteiger partial charge >= 0.3 is 5.97 Å². The van der Waals surface area contributed by atoms with E-state index in [4.69, 9.17) is 5.11 Å². The maximum Gasteiger partial charge on any atom is 0.304 e. The minimum absolute atomic E-state index is 0.195. The van der Waals surface area contributed by atoms with Gasteiger partial charge in [0.2, 0.25) is 0 Å². The molecular weight excluding hydrogens is 390 g/mol. The van der Waals surface area contributed by atoms with Gasteiger partial charge in [-0.15, -0.1) is 0 Å². The van der Waals surface area contributed by atoms with Crippen LogP contribution in [0.4, 0.5) is 0 Å². The Kier molecular flexibility index (Phi) is 10.0. The minimum Gasteiger partial charge on any atom is -0.481 e. The van der Waals surface area contributed by atoms with Crippen LogP contribution in [0, 0.1) is 0 Å². The lowest BCUT2D eigenvalue weighted by atomic mass is 10.1. The van der Waals surface area contributed by atoms with Gasteiger partial charge in [-0.25, -0.2) is 4.98 Å². The molecule has 7 nitrogen and oxygen atoms in total. The lowest BCUT2D eigenvalue weighted by Gasteiger charge is -2.27. The molecule has 0 atom stereocenters. The number of piperidine rings is 1. The van der Waals surface area contributed by atoms with Crippen LogP contribution in [0.5, 0.6) is 0 Å². The average molecular weight is 428 g/mol. The molecule has 0 radical (unpaired) electrons. The Morgan fingerprint density at radius 2 is 1.84 bits per heavy atom. The highest BCUT2D eigenvalue weighted by molar-refractivity contribution is 5.66. The molecule has 0 saturated carbocycles. The summed E-state index contributed by atoms with van der Waals surface area (Å²) in [6.45, 7) is 7.52. The van der Waals surface area contributed by atoms with E-state index in [1.165, 1.54) is 56.4 Å². The van der Waals surface area contributed by atoms with E-state index in [0.29, 0.717) is 6.54 Å². The quantitative estimate of drug-likeness (QED) is 0.402. The number of carbonyl (C=O) groups is 1. The van der Waals surface area contributed by atoms with Crippen molar-refractivity contribution in [1.82, 2.24) is 25.1 Å². The van der Waals surface area contributed by atoms with Crippen molar-refractivity contribution >= 4 is 5.97 Å². The number of benzene rings is 1. The molecule has 1 aliphatic heterocycles.